The van der Waals surface area contributed by atoms with Gasteiger partial charge in [-0.25, -0.2) is 8.42 Å². The summed E-state index contributed by atoms with van der Waals surface area (Å²) in [5, 5.41) is 0. The zero-order valence-electron chi connectivity index (χ0n) is 16.3. The second kappa shape index (κ2) is 7.97. The third-order valence-electron chi connectivity index (χ3n) is 6.30. The van der Waals surface area contributed by atoms with Gasteiger partial charge in [-0.05, 0) is 55.0 Å². The molecule has 0 spiro atoms. The smallest absolute Gasteiger partial charge is 0.243 e. The van der Waals surface area contributed by atoms with Crippen LogP contribution in [0, 0.1) is 11.3 Å². The molecule has 26 heavy (non-hydrogen) atoms. The lowest BCUT2D eigenvalue weighted by Crippen LogP contribution is -2.41. The van der Waals surface area contributed by atoms with Gasteiger partial charge in [0.25, 0.3) is 0 Å². The topological polar surface area (TPSA) is 49.9 Å². The molecule has 0 aromatic heterocycles. The van der Waals surface area contributed by atoms with Crippen LogP contribution in [0.2, 0.25) is 0 Å². The van der Waals surface area contributed by atoms with E-state index >= 15 is 0 Å². The van der Waals surface area contributed by atoms with Crippen molar-refractivity contribution in [3.63, 3.8) is 0 Å². The molecule has 0 unspecified atom stereocenters. The van der Waals surface area contributed by atoms with Crippen molar-refractivity contribution < 1.29 is 13.2 Å². The van der Waals surface area contributed by atoms with Gasteiger partial charge in [0.1, 0.15) is 0 Å². The lowest BCUT2D eigenvalue weighted by atomic mass is 9.72. The highest BCUT2D eigenvalue weighted by atomic mass is 32.2. The summed E-state index contributed by atoms with van der Waals surface area (Å²) in [4.78, 5) is 2.85. The molecule has 0 saturated carbocycles. The molecule has 2 saturated heterocycles. The molecule has 1 aromatic carbocycles. The summed E-state index contributed by atoms with van der Waals surface area (Å²) < 4.78 is 32.5. The number of morpholine rings is 1. The number of likely N-dealkylation sites (tertiary alicyclic amines) is 1. The number of rotatable bonds is 5. The molecule has 6 heteroatoms. The van der Waals surface area contributed by atoms with Crippen LogP contribution < -0.4 is 0 Å². The molecule has 2 aliphatic rings. The van der Waals surface area contributed by atoms with E-state index in [0.717, 1.165) is 25.2 Å². The van der Waals surface area contributed by atoms with E-state index in [1.54, 1.807) is 6.07 Å². The van der Waals surface area contributed by atoms with Gasteiger partial charge < -0.3 is 4.74 Å². The Bertz CT molecular complexity index is 704. The summed E-state index contributed by atoms with van der Waals surface area (Å²) in [6.07, 6.45) is 2.41. The van der Waals surface area contributed by atoms with Gasteiger partial charge in [0.2, 0.25) is 10.0 Å². The first kappa shape index (κ1) is 19.8. The molecule has 2 aliphatic heterocycles. The van der Waals surface area contributed by atoms with E-state index < -0.39 is 10.0 Å². The molecule has 2 fully saturated rings. The molecule has 0 N–H and O–H groups in total. The predicted octanol–water partition coefficient (Wildman–Crippen LogP) is 2.97. The third kappa shape index (κ3) is 4.30. The maximum atomic E-state index is 12.8. The fraction of sp³-hybridized carbons (Fsp3) is 0.700. The molecular formula is C20H32N2O3S. The number of benzene rings is 1. The summed E-state index contributed by atoms with van der Waals surface area (Å²) in [7, 11) is -3.42. The highest BCUT2D eigenvalue weighted by molar-refractivity contribution is 7.89. The van der Waals surface area contributed by atoms with Gasteiger partial charge in [-0.3, -0.25) is 4.90 Å². The first-order valence-corrected chi connectivity index (χ1v) is 11.1. The van der Waals surface area contributed by atoms with Gasteiger partial charge >= 0.3 is 0 Å². The van der Waals surface area contributed by atoms with Gasteiger partial charge in [0.05, 0.1) is 18.1 Å². The molecule has 5 nitrogen and oxygen atoms in total. The summed E-state index contributed by atoms with van der Waals surface area (Å²) in [5.74, 6) is 0.701. The molecule has 2 heterocycles. The van der Waals surface area contributed by atoms with Crippen LogP contribution >= 0.6 is 0 Å². The van der Waals surface area contributed by atoms with Gasteiger partial charge in [0, 0.05) is 19.6 Å². The quantitative estimate of drug-likeness (QED) is 0.788. The van der Waals surface area contributed by atoms with E-state index in [9.17, 15) is 8.42 Å². The van der Waals surface area contributed by atoms with E-state index in [1.807, 2.05) is 18.2 Å². The number of hydrogen-bond donors (Lipinski definition) is 0. The van der Waals surface area contributed by atoms with Crippen LogP contribution in [0.3, 0.4) is 0 Å². The Morgan fingerprint density at radius 2 is 1.77 bits per heavy atom. The molecule has 1 aromatic rings. The van der Waals surface area contributed by atoms with Gasteiger partial charge in [-0.2, -0.15) is 4.31 Å². The van der Waals surface area contributed by atoms with E-state index in [2.05, 4.69) is 25.7 Å². The third-order valence-corrected chi connectivity index (χ3v) is 8.20. The molecule has 0 atom stereocenters. The Balaban J connectivity index is 1.67. The highest BCUT2D eigenvalue weighted by Crippen LogP contribution is 2.38. The minimum atomic E-state index is -3.42. The Morgan fingerprint density at radius 3 is 2.38 bits per heavy atom. The zero-order valence-corrected chi connectivity index (χ0v) is 17.1. The number of nitrogens with zero attached hydrogens (tertiary/aromatic N) is 2. The van der Waals surface area contributed by atoms with Crippen molar-refractivity contribution in [3.05, 3.63) is 29.8 Å². The van der Waals surface area contributed by atoms with Crippen molar-refractivity contribution in [1.82, 2.24) is 9.21 Å². The normalized spacial score (nSPS) is 22.6. The lowest BCUT2D eigenvalue weighted by molar-refractivity contribution is 0.0729. The number of ether oxygens (including phenoxy) is 1. The maximum Gasteiger partial charge on any atom is 0.243 e. The minimum Gasteiger partial charge on any atom is -0.379 e. The van der Waals surface area contributed by atoms with Crippen molar-refractivity contribution in [2.24, 2.45) is 11.3 Å². The number of piperidine rings is 1. The van der Waals surface area contributed by atoms with Gasteiger partial charge in [-0.1, -0.05) is 32.9 Å². The average Bonchev–Trinajstić information content (AvgIpc) is 2.64. The molecule has 0 amide bonds. The summed E-state index contributed by atoms with van der Waals surface area (Å²) in [5.41, 5.74) is 1.50. The van der Waals surface area contributed by atoms with Crippen LogP contribution in [-0.4, -0.2) is 57.0 Å². The van der Waals surface area contributed by atoms with E-state index in [1.165, 1.54) is 17.1 Å². The van der Waals surface area contributed by atoms with Crippen LogP contribution in [0.25, 0.3) is 0 Å². The second-order valence-corrected chi connectivity index (χ2v) is 10.2. The predicted molar refractivity (Wildman–Crippen MR) is 103 cm³/mol. The molecule has 0 radical (unpaired) electrons. The Morgan fingerprint density at radius 1 is 1.12 bits per heavy atom. The van der Waals surface area contributed by atoms with Gasteiger partial charge in [-0.15, -0.1) is 0 Å². The molecule has 146 valence electrons. The fourth-order valence-electron chi connectivity index (χ4n) is 3.80. The lowest BCUT2D eigenvalue weighted by Gasteiger charge is -2.42. The number of hydrogen-bond acceptors (Lipinski definition) is 4. The van der Waals surface area contributed by atoms with Crippen LogP contribution in [0.15, 0.2) is 29.2 Å². The average molecular weight is 381 g/mol. The van der Waals surface area contributed by atoms with Crippen LogP contribution in [0.5, 0.6) is 0 Å². The largest absolute Gasteiger partial charge is 0.379 e. The molecule has 0 aliphatic carbocycles. The van der Waals surface area contributed by atoms with Crippen molar-refractivity contribution in [2.45, 2.75) is 45.1 Å². The van der Waals surface area contributed by atoms with Crippen molar-refractivity contribution >= 4 is 10.0 Å². The fourth-order valence-corrected chi connectivity index (χ4v) is 5.28. The van der Waals surface area contributed by atoms with Crippen molar-refractivity contribution in [2.75, 3.05) is 39.4 Å². The van der Waals surface area contributed by atoms with Crippen LogP contribution in [0.1, 0.15) is 39.2 Å². The maximum absolute atomic E-state index is 12.8. The highest BCUT2D eigenvalue weighted by Gasteiger charge is 2.33. The summed E-state index contributed by atoms with van der Waals surface area (Å²) >= 11 is 0. The van der Waals surface area contributed by atoms with Crippen molar-refractivity contribution in [3.8, 4) is 0 Å². The van der Waals surface area contributed by atoms with E-state index in [-0.39, 0.29) is 0 Å². The molecule has 0 bridgehead atoms. The van der Waals surface area contributed by atoms with E-state index in [0.29, 0.717) is 42.5 Å². The molecular weight excluding hydrogens is 348 g/mol. The summed E-state index contributed by atoms with van der Waals surface area (Å²) in [6.45, 7) is 11.8. The van der Waals surface area contributed by atoms with Crippen molar-refractivity contribution in [1.29, 1.82) is 0 Å². The Kier molecular flexibility index (Phi) is 6.07. The van der Waals surface area contributed by atoms with Crippen LogP contribution in [-0.2, 0) is 21.3 Å². The Labute approximate surface area is 158 Å². The number of sulfonamides is 1. The molecule has 3 rings (SSSR count). The second-order valence-electron chi connectivity index (χ2n) is 8.25. The first-order valence-electron chi connectivity index (χ1n) is 9.70. The van der Waals surface area contributed by atoms with Gasteiger partial charge in [0.15, 0.2) is 0 Å². The summed E-state index contributed by atoms with van der Waals surface area (Å²) in [6, 6.07) is 7.46. The first-order chi connectivity index (χ1) is 12.3. The Hall–Kier alpha value is -0.950. The van der Waals surface area contributed by atoms with Crippen LogP contribution in [0.4, 0.5) is 0 Å². The van der Waals surface area contributed by atoms with E-state index in [4.69, 9.17) is 4.74 Å². The standard InChI is InChI=1S/C20H32N2O3S/c1-17(2)20(3)7-9-21(10-8-20)16-18-5-4-6-19(15-18)26(23,24)22-11-13-25-14-12-22/h4-6,15,17H,7-14,16H2,1-3H3. The monoisotopic (exact) mass is 380 g/mol. The zero-order chi connectivity index (χ0) is 18.8. The SMILES string of the molecule is CC(C)C1(C)CCN(Cc2cccc(S(=O)(=O)N3CCOCC3)c2)CC1. The minimum absolute atomic E-state index is 0.404.